The number of aromatic nitrogens is 1. The van der Waals surface area contributed by atoms with Crippen molar-refractivity contribution in [3.8, 4) is 5.19 Å². The van der Waals surface area contributed by atoms with Gasteiger partial charge in [-0.05, 0) is 74.2 Å². The van der Waals surface area contributed by atoms with Crippen LogP contribution in [-0.4, -0.2) is 43.2 Å². The highest BCUT2D eigenvalue weighted by atomic mass is 32.1. The van der Waals surface area contributed by atoms with Gasteiger partial charge in [0.15, 0.2) is 0 Å². The largest absolute Gasteiger partial charge is 0.470 e. The zero-order chi connectivity index (χ0) is 20.9. The number of benzene rings is 2. The smallest absolute Gasteiger partial charge is 0.274 e. The Morgan fingerprint density at radius 1 is 1.17 bits per heavy atom. The van der Waals surface area contributed by atoms with E-state index in [-0.39, 0.29) is 5.82 Å². The lowest BCUT2D eigenvalue weighted by molar-refractivity contribution is 0.136. The monoisotopic (exact) mass is 427 g/mol. The van der Waals surface area contributed by atoms with Crippen molar-refractivity contribution in [3.63, 3.8) is 0 Å². The Hall–Kier alpha value is -2.18. The molecule has 1 aliphatic heterocycles. The molecule has 0 atom stereocenters. The van der Waals surface area contributed by atoms with E-state index in [9.17, 15) is 4.39 Å². The molecule has 0 spiro atoms. The zero-order valence-corrected chi connectivity index (χ0v) is 18.6. The van der Waals surface area contributed by atoms with Crippen LogP contribution in [0, 0.1) is 11.7 Å². The topological polar surface area (TPSA) is 28.6 Å². The molecule has 6 heteroatoms. The van der Waals surface area contributed by atoms with Crippen LogP contribution >= 0.6 is 11.3 Å². The van der Waals surface area contributed by atoms with Gasteiger partial charge in [-0.1, -0.05) is 30.4 Å². The van der Waals surface area contributed by atoms with Crippen LogP contribution in [0.1, 0.15) is 31.7 Å². The molecule has 2 aromatic carbocycles. The normalized spacial score (nSPS) is 15.6. The van der Waals surface area contributed by atoms with Crippen LogP contribution in [0.25, 0.3) is 10.2 Å². The van der Waals surface area contributed by atoms with Gasteiger partial charge in [0.2, 0.25) is 0 Å². The Labute approximate surface area is 182 Å². The molecule has 0 amide bonds. The minimum Gasteiger partial charge on any atom is -0.470 e. The summed E-state index contributed by atoms with van der Waals surface area (Å²) in [5.41, 5.74) is 3.47. The van der Waals surface area contributed by atoms with Crippen LogP contribution < -0.4 is 9.64 Å². The molecule has 0 aliphatic carbocycles. The molecule has 1 aliphatic rings. The van der Waals surface area contributed by atoms with Gasteiger partial charge in [-0.15, -0.1) is 0 Å². The molecule has 0 saturated carbocycles. The third-order valence-electron chi connectivity index (χ3n) is 5.82. The van der Waals surface area contributed by atoms with Crippen LogP contribution in [0.3, 0.4) is 0 Å². The predicted molar refractivity (Wildman–Crippen MR) is 123 cm³/mol. The summed E-state index contributed by atoms with van der Waals surface area (Å²) in [7, 11) is 2.15. The second-order valence-electron chi connectivity index (χ2n) is 8.21. The van der Waals surface area contributed by atoms with Crippen molar-refractivity contribution in [2.24, 2.45) is 5.92 Å². The van der Waals surface area contributed by atoms with E-state index in [4.69, 9.17) is 4.74 Å². The first kappa shape index (κ1) is 21.1. The zero-order valence-electron chi connectivity index (χ0n) is 17.8. The van der Waals surface area contributed by atoms with E-state index in [0.29, 0.717) is 17.7 Å². The van der Waals surface area contributed by atoms with Gasteiger partial charge in [-0.3, -0.25) is 4.90 Å². The van der Waals surface area contributed by atoms with Gasteiger partial charge in [0.1, 0.15) is 5.82 Å². The van der Waals surface area contributed by atoms with Gasteiger partial charge >= 0.3 is 0 Å². The third kappa shape index (κ3) is 5.29. The highest BCUT2D eigenvalue weighted by Crippen LogP contribution is 2.29. The first-order valence-corrected chi connectivity index (χ1v) is 11.6. The number of hydrogen-bond acceptors (Lipinski definition) is 5. The van der Waals surface area contributed by atoms with E-state index >= 15 is 0 Å². The lowest BCUT2D eigenvalue weighted by atomic mass is 9.97. The molecule has 2 heterocycles. The Morgan fingerprint density at radius 2 is 1.93 bits per heavy atom. The summed E-state index contributed by atoms with van der Waals surface area (Å²) in [5, 5.41) is 0.645. The second kappa shape index (κ2) is 9.75. The summed E-state index contributed by atoms with van der Waals surface area (Å²) in [6, 6.07) is 13.6. The molecule has 0 radical (unpaired) electrons. The van der Waals surface area contributed by atoms with Crippen molar-refractivity contribution in [1.82, 2.24) is 9.88 Å². The van der Waals surface area contributed by atoms with Crippen LogP contribution in [0.4, 0.5) is 10.1 Å². The molecule has 160 valence electrons. The third-order valence-corrected chi connectivity index (χ3v) is 6.75. The van der Waals surface area contributed by atoms with Crippen LogP contribution in [0.15, 0.2) is 42.5 Å². The molecule has 1 fully saturated rings. The molecule has 30 heavy (non-hydrogen) atoms. The lowest BCUT2D eigenvalue weighted by Crippen LogP contribution is -2.35. The van der Waals surface area contributed by atoms with Crippen molar-refractivity contribution < 1.29 is 9.13 Å². The molecule has 3 aromatic rings. The predicted octanol–water partition coefficient (Wildman–Crippen LogP) is 5.57. The number of nitrogens with zero attached hydrogens (tertiary/aromatic N) is 3. The maximum absolute atomic E-state index is 13.3. The Morgan fingerprint density at radius 3 is 2.67 bits per heavy atom. The van der Waals surface area contributed by atoms with E-state index in [1.807, 2.05) is 0 Å². The number of piperidine rings is 1. The number of rotatable bonds is 8. The molecule has 1 aromatic heterocycles. The van der Waals surface area contributed by atoms with Gasteiger partial charge in [0.25, 0.3) is 5.19 Å². The van der Waals surface area contributed by atoms with Gasteiger partial charge in [-0.25, -0.2) is 9.37 Å². The van der Waals surface area contributed by atoms with Crippen molar-refractivity contribution in [3.05, 3.63) is 53.8 Å². The Balaban J connectivity index is 1.22. The average molecular weight is 428 g/mol. The van der Waals surface area contributed by atoms with Gasteiger partial charge in [-0.2, -0.15) is 0 Å². The number of thiazole rings is 1. The molecule has 0 bridgehead atoms. The molecular formula is C24H30FN3OS. The number of likely N-dealkylation sites (tertiary alicyclic amines) is 1. The standard InChI is InChI=1S/C24H30FN3OS/c1-3-12-27(2)21-7-4-18(5-8-21)16-28-13-10-19(11-14-28)17-29-24-26-22-9-6-20(25)15-23(22)30-24/h4-9,15,19H,3,10-14,16-17H2,1-2H3. The van der Waals surface area contributed by atoms with Gasteiger partial charge in [0.05, 0.1) is 16.8 Å². The summed E-state index contributed by atoms with van der Waals surface area (Å²) in [6.45, 7) is 7.18. The maximum Gasteiger partial charge on any atom is 0.274 e. The van der Waals surface area contributed by atoms with E-state index in [1.165, 1.54) is 34.7 Å². The minimum absolute atomic E-state index is 0.229. The number of ether oxygens (including phenoxy) is 1. The van der Waals surface area contributed by atoms with Gasteiger partial charge < -0.3 is 9.64 Å². The number of halogens is 1. The summed E-state index contributed by atoms with van der Waals surface area (Å²) >= 11 is 1.42. The van der Waals surface area contributed by atoms with E-state index < -0.39 is 0 Å². The molecule has 1 saturated heterocycles. The Kier molecular flexibility index (Phi) is 6.85. The molecule has 4 rings (SSSR count). The summed E-state index contributed by atoms with van der Waals surface area (Å²) in [4.78, 5) is 9.29. The average Bonchev–Trinajstić information content (AvgIpc) is 3.16. The fraction of sp³-hybridized carbons (Fsp3) is 0.458. The summed E-state index contributed by atoms with van der Waals surface area (Å²) in [5.74, 6) is 0.322. The van der Waals surface area contributed by atoms with Crippen molar-refractivity contribution in [1.29, 1.82) is 0 Å². The van der Waals surface area contributed by atoms with Crippen molar-refractivity contribution >= 4 is 27.2 Å². The van der Waals surface area contributed by atoms with Crippen molar-refractivity contribution in [2.45, 2.75) is 32.7 Å². The highest BCUT2D eigenvalue weighted by Gasteiger charge is 2.20. The maximum atomic E-state index is 13.3. The number of anilines is 1. The summed E-state index contributed by atoms with van der Waals surface area (Å²) < 4.78 is 20.1. The molecular weight excluding hydrogens is 397 g/mol. The van der Waals surface area contributed by atoms with Crippen LogP contribution in [0.2, 0.25) is 0 Å². The van der Waals surface area contributed by atoms with E-state index in [1.54, 1.807) is 6.07 Å². The Bertz CT molecular complexity index is 951. The first-order valence-electron chi connectivity index (χ1n) is 10.8. The molecule has 0 unspecified atom stereocenters. The fourth-order valence-corrected chi connectivity index (χ4v) is 4.87. The first-order chi connectivity index (χ1) is 14.6. The quantitative estimate of drug-likeness (QED) is 0.470. The second-order valence-corrected chi connectivity index (χ2v) is 9.20. The van der Waals surface area contributed by atoms with Crippen molar-refractivity contribution in [2.75, 3.05) is 38.2 Å². The SMILES string of the molecule is CCCN(C)c1ccc(CN2CCC(COc3nc4ccc(F)cc4s3)CC2)cc1. The fourth-order valence-electron chi connectivity index (χ4n) is 4.02. The highest BCUT2D eigenvalue weighted by molar-refractivity contribution is 7.20. The molecule has 0 N–H and O–H groups in total. The van der Waals surface area contributed by atoms with Crippen LogP contribution in [-0.2, 0) is 6.54 Å². The minimum atomic E-state index is -0.229. The van der Waals surface area contributed by atoms with E-state index in [2.05, 4.69) is 53.0 Å². The number of hydrogen-bond donors (Lipinski definition) is 0. The van der Waals surface area contributed by atoms with Gasteiger partial charge in [0, 0.05) is 25.8 Å². The number of fused-ring (bicyclic) bond motifs is 1. The molecule has 4 nitrogen and oxygen atoms in total. The lowest BCUT2D eigenvalue weighted by Gasteiger charge is -2.31. The van der Waals surface area contributed by atoms with Crippen LogP contribution in [0.5, 0.6) is 5.19 Å². The van der Waals surface area contributed by atoms with E-state index in [0.717, 1.165) is 55.7 Å². The summed E-state index contributed by atoms with van der Waals surface area (Å²) in [6.07, 6.45) is 3.43.